The van der Waals surface area contributed by atoms with Gasteiger partial charge in [0.15, 0.2) is 0 Å². The molecular weight excluding hydrogens is 354 g/mol. The van der Waals surface area contributed by atoms with Gasteiger partial charge >= 0.3 is 6.03 Å². The van der Waals surface area contributed by atoms with Gasteiger partial charge < -0.3 is 19.5 Å². The Hall–Kier alpha value is -2.50. The van der Waals surface area contributed by atoms with Crippen LogP contribution in [-0.4, -0.2) is 46.9 Å². The van der Waals surface area contributed by atoms with Crippen LogP contribution in [-0.2, 0) is 11.3 Å². The van der Waals surface area contributed by atoms with Gasteiger partial charge in [-0.2, -0.15) is 0 Å². The Morgan fingerprint density at radius 1 is 1.14 bits per heavy atom. The number of benzene rings is 1. The zero-order chi connectivity index (χ0) is 19.7. The molecule has 1 spiro atoms. The first-order valence-corrected chi connectivity index (χ1v) is 10.3. The summed E-state index contributed by atoms with van der Waals surface area (Å²) in [6.07, 6.45) is 5.44. The van der Waals surface area contributed by atoms with Crippen LogP contribution in [0.25, 0.3) is 11.0 Å². The maximum atomic E-state index is 12.9. The average Bonchev–Trinajstić information content (AvgIpc) is 3.01. The van der Waals surface area contributed by atoms with E-state index in [1.807, 2.05) is 41.0 Å². The molecule has 0 bridgehead atoms. The highest BCUT2D eigenvalue weighted by Crippen LogP contribution is 2.36. The summed E-state index contributed by atoms with van der Waals surface area (Å²) in [4.78, 5) is 29.0. The number of piperazine rings is 1. The normalized spacial score (nSPS) is 19.2. The van der Waals surface area contributed by atoms with E-state index in [-0.39, 0.29) is 17.5 Å². The van der Waals surface area contributed by atoms with Crippen molar-refractivity contribution in [3.05, 3.63) is 35.6 Å². The average molecular weight is 383 g/mol. The summed E-state index contributed by atoms with van der Waals surface area (Å²) in [5, 5.41) is 4.12. The third-order valence-electron chi connectivity index (χ3n) is 6.42. The largest absolute Gasteiger partial charge is 0.461 e. The van der Waals surface area contributed by atoms with Crippen molar-refractivity contribution in [2.24, 2.45) is 0 Å². The molecule has 1 aromatic heterocycles. The maximum absolute atomic E-state index is 12.9. The quantitative estimate of drug-likeness (QED) is 0.857. The van der Waals surface area contributed by atoms with Crippen molar-refractivity contribution in [2.75, 3.05) is 19.6 Å². The number of carbonyl (C=O) groups excluding carboxylic acids is 2. The van der Waals surface area contributed by atoms with Gasteiger partial charge in [0.05, 0.1) is 5.54 Å². The van der Waals surface area contributed by atoms with Crippen LogP contribution in [0.4, 0.5) is 4.79 Å². The van der Waals surface area contributed by atoms with Crippen molar-refractivity contribution in [3.8, 4) is 0 Å². The molecule has 2 aliphatic rings. The van der Waals surface area contributed by atoms with E-state index in [4.69, 9.17) is 4.42 Å². The molecule has 150 valence electrons. The van der Waals surface area contributed by atoms with Crippen LogP contribution in [0.5, 0.6) is 0 Å². The van der Waals surface area contributed by atoms with Crippen LogP contribution < -0.4 is 5.32 Å². The monoisotopic (exact) mass is 383 g/mol. The van der Waals surface area contributed by atoms with Crippen LogP contribution >= 0.6 is 0 Å². The molecule has 4 rings (SSSR count). The van der Waals surface area contributed by atoms with Crippen molar-refractivity contribution in [1.29, 1.82) is 0 Å². The summed E-state index contributed by atoms with van der Waals surface area (Å²) in [5.74, 6) is 0.967. The fraction of sp³-hybridized carbons (Fsp3) is 0.545. The zero-order valence-electron chi connectivity index (χ0n) is 16.8. The van der Waals surface area contributed by atoms with Gasteiger partial charge in [-0.25, -0.2) is 4.79 Å². The molecule has 2 aromatic rings. The highest BCUT2D eigenvalue weighted by Gasteiger charge is 2.44. The fourth-order valence-electron chi connectivity index (χ4n) is 5.00. The molecule has 2 fully saturated rings. The maximum Gasteiger partial charge on any atom is 0.317 e. The second-order valence-electron chi connectivity index (χ2n) is 8.17. The summed E-state index contributed by atoms with van der Waals surface area (Å²) in [5.41, 5.74) is 1.69. The number of rotatable bonds is 2. The van der Waals surface area contributed by atoms with Crippen LogP contribution in [0, 0.1) is 6.92 Å². The van der Waals surface area contributed by atoms with Gasteiger partial charge in [-0.1, -0.05) is 37.5 Å². The minimum Gasteiger partial charge on any atom is -0.461 e. The predicted molar refractivity (Wildman–Crippen MR) is 108 cm³/mol. The molecule has 1 saturated heterocycles. The van der Waals surface area contributed by atoms with Crippen LogP contribution in [0.15, 0.2) is 28.7 Å². The number of urea groups is 1. The number of amides is 3. The minimum atomic E-state index is -0.183. The molecule has 1 aliphatic carbocycles. The number of nitrogens with zero attached hydrogens (tertiary/aromatic N) is 2. The van der Waals surface area contributed by atoms with Gasteiger partial charge in [-0.05, 0) is 25.8 Å². The number of carbonyl (C=O) groups is 2. The van der Waals surface area contributed by atoms with E-state index in [1.165, 1.54) is 6.42 Å². The molecule has 1 aromatic carbocycles. The van der Waals surface area contributed by atoms with E-state index in [9.17, 15) is 9.59 Å². The Morgan fingerprint density at radius 2 is 1.89 bits per heavy atom. The molecule has 1 saturated carbocycles. The van der Waals surface area contributed by atoms with Crippen molar-refractivity contribution >= 4 is 22.9 Å². The Morgan fingerprint density at radius 3 is 2.64 bits per heavy atom. The number of aryl methyl sites for hydroxylation is 1. The van der Waals surface area contributed by atoms with Crippen LogP contribution in [0.3, 0.4) is 0 Å². The molecule has 28 heavy (non-hydrogen) atoms. The Bertz CT molecular complexity index is 882. The molecule has 0 radical (unpaired) electrons. The number of fused-ring (bicyclic) bond motifs is 1. The summed E-state index contributed by atoms with van der Waals surface area (Å²) in [7, 11) is 0. The molecule has 1 N–H and O–H groups in total. The first-order valence-electron chi connectivity index (χ1n) is 10.3. The molecule has 1 aliphatic heterocycles. The first kappa shape index (κ1) is 18.8. The van der Waals surface area contributed by atoms with Crippen molar-refractivity contribution < 1.29 is 14.0 Å². The molecule has 0 unspecified atom stereocenters. The van der Waals surface area contributed by atoms with Gasteiger partial charge in [-0.3, -0.25) is 4.79 Å². The standard InChI is InChI=1S/C22H29N3O3/c1-16-19(18-8-4-5-9-20(18)28-16)14-23-21(27)24-12-13-25(17(2)26)22(15-24)10-6-3-7-11-22/h4-5,8-9H,3,6-7,10-15H2,1-2H3,(H,23,27). The molecule has 2 heterocycles. The second kappa shape index (κ2) is 7.49. The zero-order valence-corrected chi connectivity index (χ0v) is 16.8. The smallest absolute Gasteiger partial charge is 0.317 e. The third kappa shape index (κ3) is 3.36. The number of hydrogen-bond acceptors (Lipinski definition) is 3. The van der Waals surface area contributed by atoms with Crippen molar-refractivity contribution in [2.45, 2.75) is 58.0 Å². The predicted octanol–water partition coefficient (Wildman–Crippen LogP) is 3.82. The Balaban J connectivity index is 1.46. The van der Waals surface area contributed by atoms with Gasteiger partial charge in [-0.15, -0.1) is 0 Å². The summed E-state index contributed by atoms with van der Waals surface area (Å²) in [6.45, 7) is 5.86. The van der Waals surface area contributed by atoms with Gasteiger partial charge in [0.1, 0.15) is 11.3 Å². The minimum absolute atomic E-state index is 0.0576. The lowest BCUT2D eigenvalue weighted by atomic mass is 9.78. The van der Waals surface area contributed by atoms with E-state index in [0.29, 0.717) is 26.2 Å². The lowest BCUT2D eigenvalue weighted by molar-refractivity contribution is -0.141. The number of furan rings is 1. The molecule has 3 amide bonds. The van der Waals surface area contributed by atoms with E-state index >= 15 is 0 Å². The second-order valence-corrected chi connectivity index (χ2v) is 8.17. The third-order valence-corrected chi connectivity index (χ3v) is 6.42. The summed E-state index contributed by atoms with van der Waals surface area (Å²) >= 11 is 0. The fourth-order valence-corrected chi connectivity index (χ4v) is 5.00. The van der Waals surface area contributed by atoms with Crippen molar-refractivity contribution in [1.82, 2.24) is 15.1 Å². The van der Waals surface area contributed by atoms with E-state index in [0.717, 1.165) is 48.0 Å². The van der Waals surface area contributed by atoms with Crippen molar-refractivity contribution in [3.63, 3.8) is 0 Å². The molecule has 0 atom stereocenters. The highest BCUT2D eigenvalue weighted by atomic mass is 16.3. The van der Waals surface area contributed by atoms with Gasteiger partial charge in [0, 0.05) is 44.1 Å². The van der Waals surface area contributed by atoms with E-state index < -0.39 is 0 Å². The highest BCUT2D eigenvalue weighted by molar-refractivity contribution is 5.83. The lowest BCUT2D eigenvalue weighted by Gasteiger charge is -2.52. The number of nitrogens with one attached hydrogen (secondary N) is 1. The summed E-state index contributed by atoms with van der Waals surface area (Å²) in [6, 6.07) is 7.84. The van der Waals surface area contributed by atoms with Crippen LogP contribution in [0.2, 0.25) is 0 Å². The Labute approximate surface area is 165 Å². The molecule has 6 heteroatoms. The van der Waals surface area contributed by atoms with Gasteiger partial charge in [0.2, 0.25) is 5.91 Å². The van der Waals surface area contributed by atoms with Crippen LogP contribution in [0.1, 0.15) is 50.4 Å². The van der Waals surface area contributed by atoms with E-state index in [2.05, 4.69) is 5.32 Å². The lowest BCUT2D eigenvalue weighted by Crippen LogP contribution is -2.65. The van der Waals surface area contributed by atoms with Gasteiger partial charge in [0.25, 0.3) is 0 Å². The topological polar surface area (TPSA) is 65.8 Å². The first-order chi connectivity index (χ1) is 13.5. The molecule has 6 nitrogen and oxygen atoms in total. The molecular formula is C22H29N3O3. The SMILES string of the molecule is CC(=O)N1CCN(C(=O)NCc2c(C)oc3ccccc23)CC12CCCCC2. The number of hydrogen-bond donors (Lipinski definition) is 1. The summed E-state index contributed by atoms with van der Waals surface area (Å²) < 4.78 is 5.80. The Kier molecular flexibility index (Phi) is 5.04. The van der Waals surface area contributed by atoms with E-state index in [1.54, 1.807) is 6.92 Å². The number of para-hydroxylation sites is 1.